The van der Waals surface area contributed by atoms with Crippen LogP contribution in [0, 0.1) is 6.92 Å². The van der Waals surface area contributed by atoms with E-state index in [2.05, 4.69) is 48.5 Å². The lowest BCUT2D eigenvalue weighted by Gasteiger charge is -2.07. The monoisotopic (exact) mass is 310 g/mol. The van der Waals surface area contributed by atoms with Gasteiger partial charge < -0.3 is 5.32 Å². The predicted octanol–water partition coefficient (Wildman–Crippen LogP) is 2.16. The van der Waals surface area contributed by atoms with E-state index in [4.69, 9.17) is 0 Å². The summed E-state index contributed by atoms with van der Waals surface area (Å²) in [4.78, 5) is 8.84. The maximum absolute atomic E-state index is 4.48. The van der Waals surface area contributed by atoms with Gasteiger partial charge in [-0.25, -0.2) is 14.6 Å². The molecule has 0 unspecified atom stereocenters. The van der Waals surface area contributed by atoms with Crippen LogP contribution in [0.5, 0.6) is 0 Å². The summed E-state index contributed by atoms with van der Waals surface area (Å²) in [6.07, 6.45) is 1.03. The third-order valence-electron chi connectivity index (χ3n) is 2.42. The molecule has 0 aliphatic rings. The molecule has 0 aromatic carbocycles. The molecule has 7 heteroatoms. The second-order valence-electron chi connectivity index (χ2n) is 4.00. The van der Waals surface area contributed by atoms with Gasteiger partial charge in [0.05, 0.1) is 5.69 Å². The number of anilines is 1. The van der Waals surface area contributed by atoms with Crippen molar-refractivity contribution in [2.75, 3.05) is 11.9 Å². The molecule has 6 nitrogen and oxygen atoms in total. The fourth-order valence-corrected chi connectivity index (χ4v) is 2.14. The molecule has 1 N–H and O–H groups in total. The van der Waals surface area contributed by atoms with Crippen LogP contribution >= 0.6 is 15.9 Å². The summed E-state index contributed by atoms with van der Waals surface area (Å²) in [6, 6.07) is 1.92. The Balaban J connectivity index is 2.42. The van der Waals surface area contributed by atoms with E-state index >= 15 is 0 Å². The van der Waals surface area contributed by atoms with E-state index in [0.29, 0.717) is 10.6 Å². The van der Waals surface area contributed by atoms with Crippen molar-refractivity contribution < 1.29 is 0 Å². The van der Waals surface area contributed by atoms with Crippen LogP contribution in [0.1, 0.15) is 19.0 Å². The van der Waals surface area contributed by atoms with Gasteiger partial charge in [-0.15, -0.1) is 5.10 Å². The molecule has 18 heavy (non-hydrogen) atoms. The highest BCUT2D eigenvalue weighted by atomic mass is 79.9. The Morgan fingerprint density at radius 1 is 1.39 bits per heavy atom. The number of halogens is 1. The second-order valence-corrected chi connectivity index (χ2v) is 4.75. The molecule has 0 radical (unpaired) electrons. The number of aromatic nitrogens is 5. The minimum atomic E-state index is 0.639. The van der Waals surface area contributed by atoms with Crippen LogP contribution in [0.2, 0.25) is 0 Å². The first kappa shape index (κ1) is 12.9. The van der Waals surface area contributed by atoms with Crippen molar-refractivity contribution in [2.45, 2.75) is 20.3 Å². The van der Waals surface area contributed by atoms with E-state index in [1.54, 1.807) is 4.68 Å². The summed E-state index contributed by atoms with van der Waals surface area (Å²) < 4.78 is 2.37. The molecule has 0 bridgehead atoms. The van der Waals surface area contributed by atoms with E-state index in [1.165, 1.54) is 0 Å². The first-order valence-electron chi connectivity index (χ1n) is 5.77. The molecule has 2 heterocycles. The third-order valence-corrected chi connectivity index (χ3v) is 2.95. The molecule has 96 valence electrons. The van der Waals surface area contributed by atoms with Crippen LogP contribution in [-0.4, -0.2) is 31.5 Å². The molecular weight excluding hydrogens is 296 g/mol. The highest BCUT2D eigenvalue weighted by Gasteiger charge is 2.13. The molecule has 0 spiro atoms. The maximum Gasteiger partial charge on any atom is 0.223 e. The van der Waals surface area contributed by atoms with Crippen LogP contribution in [0.25, 0.3) is 11.4 Å². The van der Waals surface area contributed by atoms with Crippen LogP contribution < -0.4 is 5.32 Å². The lowest BCUT2D eigenvalue weighted by molar-refractivity contribution is 0.718. The Kier molecular flexibility index (Phi) is 3.90. The van der Waals surface area contributed by atoms with Crippen LogP contribution in [-0.2, 0) is 7.05 Å². The Morgan fingerprint density at radius 3 is 2.78 bits per heavy atom. The van der Waals surface area contributed by atoms with Crippen molar-refractivity contribution in [1.82, 2.24) is 25.0 Å². The van der Waals surface area contributed by atoms with Gasteiger partial charge in [0.1, 0.15) is 5.69 Å². The quantitative estimate of drug-likeness (QED) is 0.937. The summed E-state index contributed by atoms with van der Waals surface area (Å²) in [5.74, 6) is 0.639. The average molecular weight is 311 g/mol. The molecule has 2 rings (SSSR count). The lowest BCUT2D eigenvalue weighted by Crippen LogP contribution is -2.06. The smallest absolute Gasteiger partial charge is 0.223 e. The predicted molar refractivity (Wildman–Crippen MR) is 73.2 cm³/mol. The van der Waals surface area contributed by atoms with Crippen molar-refractivity contribution in [3.8, 4) is 11.4 Å². The molecule has 2 aromatic heterocycles. The number of hydrogen-bond donors (Lipinski definition) is 1. The van der Waals surface area contributed by atoms with Gasteiger partial charge in [0.25, 0.3) is 0 Å². The fraction of sp³-hybridized carbons (Fsp3) is 0.455. The molecule has 0 aliphatic heterocycles. The van der Waals surface area contributed by atoms with Gasteiger partial charge in [0.2, 0.25) is 5.95 Å². The Hall–Kier alpha value is -1.50. The molecule has 0 saturated heterocycles. The average Bonchev–Trinajstić information content (AvgIpc) is 2.66. The summed E-state index contributed by atoms with van der Waals surface area (Å²) in [6.45, 7) is 4.90. The summed E-state index contributed by atoms with van der Waals surface area (Å²) in [5.41, 5.74) is 2.56. The first-order valence-corrected chi connectivity index (χ1v) is 6.56. The highest BCUT2D eigenvalue weighted by molar-refractivity contribution is 9.10. The van der Waals surface area contributed by atoms with E-state index in [9.17, 15) is 0 Å². The summed E-state index contributed by atoms with van der Waals surface area (Å²) in [5, 5.41) is 11.1. The van der Waals surface area contributed by atoms with Gasteiger partial charge in [-0.3, -0.25) is 0 Å². The zero-order valence-electron chi connectivity index (χ0n) is 10.6. The van der Waals surface area contributed by atoms with Crippen LogP contribution in [0.15, 0.2) is 10.7 Å². The van der Waals surface area contributed by atoms with Gasteiger partial charge in [-0.2, -0.15) is 0 Å². The molecule has 0 fully saturated rings. The zero-order chi connectivity index (χ0) is 13.1. The molecule has 0 aliphatic carbocycles. The maximum atomic E-state index is 4.48. The standard InChI is InChI=1S/C11H15BrN6/c1-4-5-13-11-14-7(2)6-8(15-11)9-10(12)16-17-18(9)3/h6H,4-5H2,1-3H3,(H,13,14,15). The van der Waals surface area contributed by atoms with Gasteiger partial charge in [-0.1, -0.05) is 12.1 Å². The van der Waals surface area contributed by atoms with Gasteiger partial charge in [0.15, 0.2) is 4.60 Å². The summed E-state index contributed by atoms with van der Waals surface area (Å²) in [7, 11) is 1.84. The van der Waals surface area contributed by atoms with Crippen molar-refractivity contribution >= 4 is 21.9 Å². The third kappa shape index (κ3) is 2.66. The van der Waals surface area contributed by atoms with Crippen molar-refractivity contribution in [3.63, 3.8) is 0 Å². The number of nitrogens with one attached hydrogen (secondary N) is 1. The highest BCUT2D eigenvalue weighted by Crippen LogP contribution is 2.24. The number of nitrogens with zero attached hydrogens (tertiary/aromatic N) is 5. The molecule has 2 aromatic rings. The van der Waals surface area contributed by atoms with Crippen LogP contribution in [0.4, 0.5) is 5.95 Å². The Morgan fingerprint density at radius 2 is 2.17 bits per heavy atom. The van der Waals surface area contributed by atoms with Gasteiger partial charge >= 0.3 is 0 Å². The first-order chi connectivity index (χ1) is 8.61. The topological polar surface area (TPSA) is 68.5 Å². The molecule has 0 atom stereocenters. The van der Waals surface area contributed by atoms with Crippen molar-refractivity contribution in [2.24, 2.45) is 7.05 Å². The normalized spacial score (nSPS) is 10.7. The Labute approximate surface area is 114 Å². The van der Waals surface area contributed by atoms with E-state index < -0.39 is 0 Å². The number of hydrogen-bond acceptors (Lipinski definition) is 5. The second kappa shape index (κ2) is 5.43. The number of rotatable bonds is 4. The van der Waals surface area contributed by atoms with Gasteiger partial charge in [0, 0.05) is 19.3 Å². The SMILES string of the molecule is CCCNc1nc(C)cc(-c2c(Br)nnn2C)n1. The zero-order valence-corrected chi connectivity index (χ0v) is 12.2. The molecular formula is C11H15BrN6. The van der Waals surface area contributed by atoms with Crippen molar-refractivity contribution in [1.29, 1.82) is 0 Å². The minimum absolute atomic E-state index is 0.639. The minimum Gasteiger partial charge on any atom is -0.354 e. The fourth-order valence-electron chi connectivity index (χ4n) is 1.61. The van der Waals surface area contributed by atoms with E-state index in [0.717, 1.165) is 30.0 Å². The molecule has 0 saturated carbocycles. The van der Waals surface area contributed by atoms with E-state index in [1.807, 2.05) is 20.0 Å². The lowest BCUT2D eigenvalue weighted by atomic mass is 10.3. The number of aryl methyl sites for hydroxylation is 2. The summed E-state index contributed by atoms with van der Waals surface area (Å²) >= 11 is 3.38. The molecule has 0 amide bonds. The Bertz CT molecular complexity index is 531. The van der Waals surface area contributed by atoms with E-state index in [-0.39, 0.29) is 0 Å². The van der Waals surface area contributed by atoms with Crippen molar-refractivity contribution in [3.05, 3.63) is 16.4 Å². The van der Waals surface area contributed by atoms with Crippen LogP contribution in [0.3, 0.4) is 0 Å². The van der Waals surface area contributed by atoms with Gasteiger partial charge in [-0.05, 0) is 35.3 Å². The largest absolute Gasteiger partial charge is 0.354 e.